The zero-order chi connectivity index (χ0) is 8.53. The van der Waals surface area contributed by atoms with Gasteiger partial charge in [-0.2, -0.15) is 0 Å². The fourth-order valence-electron chi connectivity index (χ4n) is 1.11. The van der Waals surface area contributed by atoms with Crippen molar-refractivity contribution in [3.63, 3.8) is 0 Å². The Kier molecular flexibility index (Phi) is 8.03. The number of hydrogen-bond donors (Lipinski definition) is 1. The SMILES string of the molecule is [CH2]CCCCCCC(C)CO. The smallest absolute Gasteiger partial charge is 0.0456 e. The highest BCUT2D eigenvalue weighted by atomic mass is 16.3. The topological polar surface area (TPSA) is 20.2 Å². The lowest BCUT2D eigenvalue weighted by atomic mass is 10.0. The summed E-state index contributed by atoms with van der Waals surface area (Å²) in [6.07, 6.45) is 7.37. The van der Waals surface area contributed by atoms with Gasteiger partial charge >= 0.3 is 0 Å². The molecule has 0 bridgehead atoms. The quantitative estimate of drug-likeness (QED) is 0.563. The number of unbranched alkanes of at least 4 members (excludes halogenated alkanes) is 4. The largest absolute Gasteiger partial charge is 0.396 e. The summed E-state index contributed by atoms with van der Waals surface area (Å²) in [5.41, 5.74) is 0. The van der Waals surface area contributed by atoms with Crippen molar-refractivity contribution < 1.29 is 5.11 Å². The summed E-state index contributed by atoms with van der Waals surface area (Å²) in [5, 5.41) is 8.73. The third-order valence-electron chi connectivity index (χ3n) is 2.01. The van der Waals surface area contributed by atoms with Gasteiger partial charge in [0, 0.05) is 6.61 Å². The van der Waals surface area contributed by atoms with Gasteiger partial charge in [-0.1, -0.05) is 46.0 Å². The Bertz CT molecular complexity index is 71.3. The highest BCUT2D eigenvalue weighted by Crippen LogP contribution is 2.10. The van der Waals surface area contributed by atoms with Gasteiger partial charge in [0.05, 0.1) is 0 Å². The van der Waals surface area contributed by atoms with E-state index in [4.69, 9.17) is 5.11 Å². The van der Waals surface area contributed by atoms with Gasteiger partial charge in [-0.15, -0.1) is 0 Å². The Hall–Kier alpha value is -0.0400. The molecular weight excluding hydrogens is 136 g/mol. The highest BCUT2D eigenvalue weighted by Gasteiger charge is 1.98. The van der Waals surface area contributed by atoms with Crippen LogP contribution in [0.25, 0.3) is 0 Å². The van der Waals surface area contributed by atoms with Crippen molar-refractivity contribution in [2.45, 2.75) is 45.4 Å². The molecule has 0 aliphatic carbocycles. The minimum Gasteiger partial charge on any atom is -0.396 e. The second kappa shape index (κ2) is 8.06. The van der Waals surface area contributed by atoms with E-state index >= 15 is 0 Å². The van der Waals surface area contributed by atoms with Crippen LogP contribution in [0.4, 0.5) is 0 Å². The van der Waals surface area contributed by atoms with Crippen LogP contribution in [0.15, 0.2) is 0 Å². The normalized spacial score (nSPS) is 13.4. The Morgan fingerprint density at radius 1 is 1.18 bits per heavy atom. The average molecular weight is 157 g/mol. The molecule has 1 heteroatoms. The fourth-order valence-corrected chi connectivity index (χ4v) is 1.11. The molecule has 0 aromatic rings. The van der Waals surface area contributed by atoms with Crippen LogP contribution in [0.1, 0.15) is 45.4 Å². The van der Waals surface area contributed by atoms with Crippen LogP contribution < -0.4 is 0 Å². The van der Waals surface area contributed by atoms with Crippen molar-refractivity contribution in [2.24, 2.45) is 5.92 Å². The average Bonchev–Trinajstić information content (AvgIpc) is 2.04. The second-order valence-electron chi connectivity index (χ2n) is 3.34. The number of aliphatic hydroxyl groups excluding tert-OH is 1. The molecule has 1 N–H and O–H groups in total. The van der Waals surface area contributed by atoms with Gasteiger partial charge in [-0.25, -0.2) is 0 Å². The third kappa shape index (κ3) is 7.86. The third-order valence-corrected chi connectivity index (χ3v) is 2.01. The van der Waals surface area contributed by atoms with Crippen LogP contribution in [0.3, 0.4) is 0 Å². The summed E-state index contributed by atoms with van der Waals surface area (Å²) in [7, 11) is 0. The molecule has 0 amide bonds. The molecular formula is C10H21O. The van der Waals surface area contributed by atoms with Crippen molar-refractivity contribution in [2.75, 3.05) is 6.61 Å². The number of rotatable bonds is 7. The Labute approximate surface area is 70.8 Å². The van der Waals surface area contributed by atoms with E-state index < -0.39 is 0 Å². The molecule has 0 aliphatic heterocycles. The lowest BCUT2D eigenvalue weighted by molar-refractivity contribution is 0.227. The van der Waals surface area contributed by atoms with Crippen LogP contribution in [-0.4, -0.2) is 11.7 Å². The molecule has 0 aromatic heterocycles. The summed E-state index contributed by atoms with van der Waals surface area (Å²) < 4.78 is 0. The van der Waals surface area contributed by atoms with Crippen LogP contribution in [0.5, 0.6) is 0 Å². The zero-order valence-corrected chi connectivity index (χ0v) is 7.68. The summed E-state index contributed by atoms with van der Waals surface area (Å²) in [6.45, 7) is 6.24. The van der Waals surface area contributed by atoms with E-state index in [0.717, 1.165) is 6.42 Å². The maximum atomic E-state index is 8.73. The number of aliphatic hydroxyl groups is 1. The van der Waals surface area contributed by atoms with Gasteiger partial charge in [0.15, 0.2) is 0 Å². The van der Waals surface area contributed by atoms with E-state index in [-0.39, 0.29) is 0 Å². The van der Waals surface area contributed by atoms with Gasteiger partial charge in [0.25, 0.3) is 0 Å². The standard InChI is InChI=1S/C10H21O/c1-3-4-5-6-7-8-10(2)9-11/h10-11H,1,3-9H2,2H3. The van der Waals surface area contributed by atoms with Gasteiger partial charge < -0.3 is 5.11 Å². The van der Waals surface area contributed by atoms with Crippen LogP contribution in [0.2, 0.25) is 0 Å². The first-order valence-corrected chi connectivity index (χ1v) is 4.71. The Balaban J connectivity index is 2.89. The van der Waals surface area contributed by atoms with E-state index in [1.807, 2.05) is 0 Å². The molecule has 0 spiro atoms. The molecule has 0 aliphatic rings. The first-order chi connectivity index (χ1) is 5.31. The molecule has 0 fully saturated rings. The van der Waals surface area contributed by atoms with Crippen molar-refractivity contribution >= 4 is 0 Å². The molecule has 0 saturated heterocycles. The predicted molar refractivity (Wildman–Crippen MR) is 49.3 cm³/mol. The molecule has 1 nitrogen and oxygen atoms in total. The van der Waals surface area contributed by atoms with Crippen LogP contribution in [-0.2, 0) is 0 Å². The maximum absolute atomic E-state index is 8.73. The van der Waals surface area contributed by atoms with Gasteiger partial charge in [-0.05, 0) is 12.3 Å². The maximum Gasteiger partial charge on any atom is 0.0456 e. The van der Waals surface area contributed by atoms with Crippen molar-refractivity contribution in [3.05, 3.63) is 6.92 Å². The van der Waals surface area contributed by atoms with Gasteiger partial charge in [0.1, 0.15) is 0 Å². The monoisotopic (exact) mass is 157 g/mol. The summed E-state index contributed by atoms with van der Waals surface area (Å²) in [4.78, 5) is 0. The molecule has 1 unspecified atom stereocenters. The minimum absolute atomic E-state index is 0.343. The predicted octanol–water partition coefficient (Wildman–Crippen LogP) is 2.79. The lowest BCUT2D eigenvalue weighted by Gasteiger charge is -2.05. The minimum atomic E-state index is 0.343. The van der Waals surface area contributed by atoms with Gasteiger partial charge in [0.2, 0.25) is 0 Å². The number of hydrogen-bond acceptors (Lipinski definition) is 1. The van der Waals surface area contributed by atoms with Gasteiger partial charge in [-0.3, -0.25) is 0 Å². The Morgan fingerprint density at radius 3 is 2.36 bits per heavy atom. The molecule has 1 atom stereocenters. The van der Waals surface area contributed by atoms with Crippen LogP contribution >= 0.6 is 0 Å². The highest BCUT2D eigenvalue weighted by molar-refractivity contribution is 4.51. The molecule has 1 radical (unpaired) electrons. The summed E-state index contributed by atoms with van der Waals surface area (Å²) in [5.74, 6) is 0.495. The summed E-state index contributed by atoms with van der Waals surface area (Å²) >= 11 is 0. The first kappa shape index (κ1) is 11.0. The first-order valence-electron chi connectivity index (χ1n) is 4.71. The second-order valence-corrected chi connectivity index (χ2v) is 3.34. The molecule has 0 aromatic carbocycles. The van der Waals surface area contributed by atoms with Crippen molar-refractivity contribution in [1.29, 1.82) is 0 Å². The fraction of sp³-hybridized carbons (Fsp3) is 0.900. The Morgan fingerprint density at radius 2 is 1.82 bits per heavy atom. The molecule has 0 saturated carbocycles. The van der Waals surface area contributed by atoms with E-state index in [2.05, 4.69) is 13.8 Å². The van der Waals surface area contributed by atoms with E-state index in [0.29, 0.717) is 12.5 Å². The van der Waals surface area contributed by atoms with Crippen molar-refractivity contribution in [1.82, 2.24) is 0 Å². The van der Waals surface area contributed by atoms with E-state index in [9.17, 15) is 0 Å². The molecule has 0 heterocycles. The van der Waals surface area contributed by atoms with E-state index in [1.165, 1.54) is 32.1 Å². The molecule has 67 valence electrons. The molecule has 11 heavy (non-hydrogen) atoms. The van der Waals surface area contributed by atoms with Crippen LogP contribution in [0, 0.1) is 12.8 Å². The zero-order valence-electron chi connectivity index (χ0n) is 7.68. The van der Waals surface area contributed by atoms with Crippen molar-refractivity contribution in [3.8, 4) is 0 Å². The molecule has 0 rings (SSSR count). The summed E-state index contributed by atoms with van der Waals surface area (Å²) in [6, 6.07) is 0. The lowest BCUT2D eigenvalue weighted by Crippen LogP contribution is -1.99. The van der Waals surface area contributed by atoms with E-state index in [1.54, 1.807) is 0 Å².